The molecule has 0 heterocycles. The minimum Gasteiger partial charge on any atom is -0.496 e. The van der Waals surface area contributed by atoms with E-state index in [4.69, 9.17) is 22.1 Å². The Morgan fingerprint density at radius 2 is 2.05 bits per heavy atom. The fourth-order valence-electron chi connectivity index (χ4n) is 1.66. The predicted octanol–water partition coefficient (Wildman–Crippen LogP) is 3.95. The molecule has 0 saturated heterocycles. The normalized spacial score (nSPS) is 10.2. The van der Waals surface area contributed by atoms with Crippen LogP contribution >= 0.6 is 27.5 Å². The molecule has 0 aliphatic carbocycles. The van der Waals surface area contributed by atoms with Gasteiger partial charge in [-0.1, -0.05) is 11.6 Å². The summed E-state index contributed by atoms with van der Waals surface area (Å²) in [6, 6.07) is 10.0. The smallest absolute Gasteiger partial charge is 0.257 e. The third kappa shape index (κ3) is 3.23. The summed E-state index contributed by atoms with van der Waals surface area (Å²) in [5.74, 6) is 0.389. The Balaban J connectivity index is 2.21. The topological polar surface area (TPSA) is 64.3 Å². The first-order chi connectivity index (χ1) is 9.51. The summed E-state index contributed by atoms with van der Waals surface area (Å²) in [6.07, 6.45) is 0. The summed E-state index contributed by atoms with van der Waals surface area (Å²) < 4.78 is 5.88. The van der Waals surface area contributed by atoms with Gasteiger partial charge in [-0.25, -0.2) is 0 Å². The average molecular weight is 356 g/mol. The molecule has 3 N–H and O–H groups in total. The highest BCUT2D eigenvalue weighted by atomic mass is 79.9. The highest BCUT2D eigenvalue weighted by molar-refractivity contribution is 9.10. The first-order valence-electron chi connectivity index (χ1n) is 5.71. The third-order valence-corrected chi connectivity index (χ3v) is 3.58. The van der Waals surface area contributed by atoms with Crippen LogP contribution in [0, 0.1) is 0 Å². The number of anilines is 2. The number of carbonyl (C=O) groups excluding carboxylic acids is 1. The Morgan fingerprint density at radius 3 is 2.65 bits per heavy atom. The molecule has 1 amide bonds. The predicted molar refractivity (Wildman–Crippen MR) is 84.5 cm³/mol. The van der Waals surface area contributed by atoms with E-state index in [0.717, 1.165) is 4.47 Å². The minimum atomic E-state index is -0.299. The SMILES string of the molecule is COc1ccc(NC(=O)c2ccc(N)cc2Cl)cc1Br. The maximum Gasteiger partial charge on any atom is 0.257 e. The van der Waals surface area contributed by atoms with Gasteiger partial charge in [0, 0.05) is 11.4 Å². The van der Waals surface area contributed by atoms with Gasteiger partial charge in [0.05, 0.1) is 22.2 Å². The van der Waals surface area contributed by atoms with Gasteiger partial charge < -0.3 is 15.8 Å². The Labute approximate surface area is 130 Å². The molecular weight excluding hydrogens is 344 g/mol. The van der Waals surface area contributed by atoms with Crippen molar-refractivity contribution in [3.63, 3.8) is 0 Å². The lowest BCUT2D eigenvalue weighted by atomic mass is 10.2. The van der Waals surface area contributed by atoms with E-state index >= 15 is 0 Å². The van der Waals surface area contributed by atoms with Crippen LogP contribution in [0.15, 0.2) is 40.9 Å². The summed E-state index contributed by atoms with van der Waals surface area (Å²) in [5, 5.41) is 3.08. The molecule has 0 aromatic heterocycles. The fourth-order valence-corrected chi connectivity index (χ4v) is 2.47. The molecule has 0 radical (unpaired) electrons. The van der Waals surface area contributed by atoms with Crippen molar-refractivity contribution in [3.05, 3.63) is 51.5 Å². The van der Waals surface area contributed by atoms with Crippen LogP contribution < -0.4 is 15.8 Å². The largest absolute Gasteiger partial charge is 0.496 e. The van der Waals surface area contributed by atoms with Gasteiger partial charge in [-0.3, -0.25) is 4.79 Å². The van der Waals surface area contributed by atoms with Crippen molar-refractivity contribution in [3.8, 4) is 5.75 Å². The van der Waals surface area contributed by atoms with E-state index in [1.165, 1.54) is 0 Å². The van der Waals surface area contributed by atoms with E-state index in [9.17, 15) is 4.79 Å². The lowest BCUT2D eigenvalue weighted by Crippen LogP contribution is -2.12. The maximum atomic E-state index is 12.1. The molecule has 2 aromatic carbocycles. The van der Waals surface area contributed by atoms with Gasteiger partial charge in [0.1, 0.15) is 5.75 Å². The van der Waals surface area contributed by atoms with E-state index in [1.54, 1.807) is 43.5 Å². The van der Waals surface area contributed by atoms with Gasteiger partial charge in [-0.15, -0.1) is 0 Å². The number of hydrogen-bond donors (Lipinski definition) is 2. The molecule has 0 spiro atoms. The Morgan fingerprint density at radius 1 is 1.30 bits per heavy atom. The quantitative estimate of drug-likeness (QED) is 0.820. The zero-order valence-electron chi connectivity index (χ0n) is 10.6. The average Bonchev–Trinajstić information content (AvgIpc) is 2.38. The summed E-state index contributed by atoms with van der Waals surface area (Å²) in [5.41, 5.74) is 7.11. The first kappa shape index (κ1) is 14.7. The first-order valence-corrected chi connectivity index (χ1v) is 6.88. The number of carbonyl (C=O) groups is 1. The van der Waals surface area contributed by atoms with E-state index in [0.29, 0.717) is 27.7 Å². The second-order valence-electron chi connectivity index (χ2n) is 4.04. The molecule has 6 heteroatoms. The number of nitrogens with two attached hydrogens (primary N) is 1. The van der Waals surface area contributed by atoms with Crippen LogP contribution in [0.2, 0.25) is 5.02 Å². The van der Waals surface area contributed by atoms with Crippen LogP contribution in [0.4, 0.5) is 11.4 Å². The summed E-state index contributed by atoms with van der Waals surface area (Å²) in [7, 11) is 1.58. The van der Waals surface area contributed by atoms with Crippen LogP contribution in [0.3, 0.4) is 0 Å². The van der Waals surface area contributed by atoms with Gasteiger partial charge in [0.2, 0.25) is 0 Å². The van der Waals surface area contributed by atoms with Gasteiger partial charge >= 0.3 is 0 Å². The molecule has 20 heavy (non-hydrogen) atoms. The van der Waals surface area contributed by atoms with Crippen LogP contribution in [-0.4, -0.2) is 13.0 Å². The molecule has 0 unspecified atom stereocenters. The lowest BCUT2D eigenvalue weighted by Gasteiger charge is -2.09. The number of rotatable bonds is 3. The maximum absolute atomic E-state index is 12.1. The standard InChI is InChI=1S/C14H12BrClN2O2/c1-20-13-5-3-9(7-11(13)15)18-14(19)10-4-2-8(17)6-12(10)16/h2-7H,17H2,1H3,(H,18,19). The number of nitrogens with one attached hydrogen (secondary N) is 1. The Bertz CT molecular complexity index is 662. The van der Waals surface area contributed by atoms with Crippen molar-refractivity contribution in [1.29, 1.82) is 0 Å². The molecule has 2 rings (SSSR count). The van der Waals surface area contributed by atoms with Crippen molar-refractivity contribution < 1.29 is 9.53 Å². The molecule has 0 bridgehead atoms. The second-order valence-corrected chi connectivity index (χ2v) is 5.30. The second kappa shape index (κ2) is 6.15. The van der Waals surface area contributed by atoms with Crippen LogP contribution in [-0.2, 0) is 0 Å². The molecule has 0 atom stereocenters. The van der Waals surface area contributed by atoms with E-state index in [1.807, 2.05) is 0 Å². The third-order valence-electron chi connectivity index (χ3n) is 2.65. The molecule has 104 valence electrons. The molecular formula is C14H12BrClN2O2. The van der Waals surface area contributed by atoms with E-state index in [2.05, 4.69) is 21.2 Å². The van der Waals surface area contributed by atoms with Crippen molar-refractivity contribution in [2.45, 2.75) is 0 Å². The zero-order chi connectivity index (χ0) is 14.7. The number of methoxy groups -OCH3 is 1. The summed E-state index contributed by atoms with van der Waals surface area (Å²) in [4.78, 5) is 12.1. The van der Waals surface area contributed by atoms with Crippen molar-refractivity contribution >= 4 is 44.8 Å². The monoisotopic (exact) mass is 354 g/mol. The summed E-state index contributed by atoms with van der Waals surface area (Å²) in [6.45, 7) is 0. The Hall–Kier alpha value is -1.72. The molecule has 0 aliphatic heterocycles. The van der Waals surface area contributed by atoms with Gasteiger partial charge in [0.15, 0.2) is 0 Å². The van der Waals surface area contributed by atoms with Crippen LogP contribution in [0.1, 0.15) is 10.4 Å². The summed E-state index contributed by atoms with van der Waals surface area (Å²) >= 11 is 9.36. The number of benzene rings is 2. The number of amides is 1. The molecule has 4 nitrogen and oxygen atoms in total. The highest BCUT2D eigenvalue weighted by Gasteiger charge is 2.11. The lowest BCUT2D eigenvalue weighted by molar-refractivity contribution is 0.102. The van der Waals surface area contributed by atoms with Gasteiger partial charge in [-0.2, -0.15) is 0 Å². The van der Waals surface area contributed by atoms with Crippen molar-refractivity contribution in [2.75, 3.05) is 18.2 Å². The van der Waals surface area contributed by atoms with E-state index < -0.39 is 0 Å². The minimum absolute atomic E-state index is 0.299. The number of ether oxygens (including phenoxy) is 1. The Kier molecular flexibility index (Phi) is 4.52. The number of nitrogen functional groups attached to an aromatic ring is 1. The number of hydrogen-bond acceptors (Lipinski definition) is 3. The van der Waals surface area contributed by atoms with E-state index in [-0.39, 0.29) is 5.91 Å². The van der Waals surface area contributed by atoms with Gasteiger partial charge in [0.25, 0.3) is 5.91 Å². The molecule has 2 aromatic rings. The number of halogens is 2. The zero-order valence-corrected chi connectivity index (χ0v) is 13.0. The van der Waals surface area contributed by atoms with Crippen molar-refractivity contribution in [2.24, 2.45) is 0 Å². The fraction of sp³-hybridized carbons (Fsp3) is 0.0714. The van der Waals surface area contributed by atoms with Crippen LogP contribution in [0.25, 0.3) is 0 Å². The highest BCUT2D eigenvalue weighted by Crippen LogP contribution is 2.28. The van der Waals surface area contributed by atoms with Gasteiger partial charge in [-0.05, 0) is 52.3 Å². The molecule has 0 saturated carbocycles. The van der Waals surface area contributed by atoms with Crippen molar-refractivity contribution in [1.82, 2.24) is 0 Å². The van der Waals surface area contributed by atoms with Crippen LogP contribution in [0.5, 0.6) is 5.75 Å². The molecule has 0 fully saturated rings. The molecule has 0 aliphatic rings.